The Bertz CT molecular complexity index is 623. The van der Waals surface area contributed by atoms with Crippen LogP contribution in [0.5, 0.6) is 0 Å². The van der Waals surface area contributed by atoms with Gasteiger partial charge in [0.05, 0.1) is 11.6 Å². The second-order valence-electron chi connectivity index (χ2n) is 7.23. The average molecular weight is 404 g/mol. The Balaban J connectivity index is 1.42. The van der Waals surface area contributed by atoms with E-state index in [-0.39, 0.29) is 0 Å². The Kier molecular flexibility index (Phi) is 6.97. The van der Waals surface area contributed by atoms with Gasteiger partial charge in [-0.25, -0.2) is 4.98 Å². The standard InChI is InChI=1S/C18H28F3N5S/c1-2-22-17(23-8-7-16-25-15(12-27-16)18(19,20)21)24-9-10-26(14-5-6-14)11-13-3-4-13/h12-14H,2-11H2,1H3,(H2,22,23,24). The molecule has 0 saturated heterocycles. The number of nitrogens with one attached hydrogen (secondary N) is 2. The minimum atomic E-state index is -4.37. The normalized spacial score (nSPS) is 18.2. The number of halogens is 3. The third-order valence-corrected chi connectivity index (χ3v) is 5.64. The van der Waals surface area contributed by atoms with Gasteiger partial charge in [-0.3, -0.25) is 9.89 Å². The summed E-state index contributed by atoms with van der Waals surface area (Å²) in [5.41, 5.74) is -0.807. The fourth-order valence-corrected chi connectivity index (χ4v) is 3.78. The molecule has 0 atom stereocenters. The van der Waals surface area contributed by atoms with Crippen LogP contribution in [0.2, 0.25) is 0 Å². The van der Waals surface area contributed by atoms with E-state index in [1.807, 2.05) is 6.92 Å². The summed E-state index contributed by atoms with van der Waals surface area (Å²) in [5, 5.41) is 7.94. The lowest BCUT2D eigenvalue weighted by molar-refractivity contribution is -0.140. The highest BCUT2D eigenvalue weighted by atomic mass is 32.1. The van der Waals surface area contributed by atoms with E-state index in [4.69, 9.17) is 0 Å². The van der Waals surface area contributed by atoms with E-state index in [0.717, 1.165) is 48.3 Å². The Morgan fingerprint density at radius 3 is 2.67 bits per heavy atom. The third-order valence-electron chi connectivity index (χ3n) is 4.73. The molecule has 2 N–H and O–H groups in total. The van der Waals surface area contributed by atoms with Gasteiger partial charge in [0.15, 0.2) is 11.7 Å². The summed E-state index contributed by atoms with van der Waals surface area (Å²) in [7, 11) is 0. The van der Waals surface area contributed by atoms with Gasteiger partial charge in [-0.1, -0.05) is 0 Å². The summed E-state index contributed by atoms with van der Waals surface area (Å²) >= 11 is 1.05. The molecule has 2 aliphatic carbocycles. The smallest absolute Gasteiger partial charge is 0.357 e. The minimum Gasteiger partial charge on any atom is -0.357 e. The van der Waals surface area contributed by atoms with Gasteiger partial charge in [0.1, 0.15) is 0 Å². The van der Waals surface area contributed by atoms with Crippen molar-refractivity contribution in [3.8, 4) is 0 Å². The quantitative estimate of drug-likeness (QED) is 0.466. The van der Waals surface area contributed by atoms with Gasteiger partial charge < -0.3 is 10.6 Å². The molecule has 9 heteroatoms. The number of nitrogens with zero attached hydrogens (tertiary/aromatic N) is 3. The second-order valence-corrected chi connectivity index (χ2v) is 8.17. The summed E-state index contributed by atoms with van der Waals surface area (Å²) in [6.07, 6.45) is 1.42. The maximum atomic E-state index is 12.6. The van der Waals surface area contributed by atoms with Crippen molar-refractivity contribution in [3.05, 3.63) is 16.1 Å². The van der Waals surface area contributed by atoms with E-state index in [2.05, 4.69) is 25.5 Å². The lowest BCUT2D eigenvalue weighted by Crippen LogP contribution is -2.39. The Morgan fingerprint density at radius 2 is 2.07 bits per heavy atom. The first-order valence-corrected chi connectivity index (χ1v) is 10.6. The summed E-state index contributed by atoms with van der Waals surface area (Å²) in [5.74, 6) is 1.60. The van der Waals surface area contributed by atoms with Crippen molar-refractivity contribution < 1.29 is 13.2 Å². The first-order valence-electron chi connectivity index (χ1n) is 9.73. The van der Waals surface area contributed by atoms with Crippen molar-refractivity contribution in [1.82, 2.24) is 20.5 Å². The van der Waals surface area contributed by atoms with Crippen LogP contribution in [0.3, 0.4) is 0 Å². The molecule has 2 saturated carbocycles. The van der Waals surface area contributed by atoms with E-state index in [9.17, 15) is 13.2 Å². The van der Waals surface area contributed by atoms with Crippen LogP contribution in [0, 0.1) is 5.92 Å². The molecule has 27 heavy (non-hydrogen) atoms. The minimum absolute atomic E-state index is 0.445. The lowest BCUT2D eigenvalue weighted by atomic mass is 10.3. The molecular formula is C18H28F3N5S. The highest BCUT2D eigenvalue weighted by Crippen LogP contribution is 2.34. The molecule has 3 rings (SSSR count). The number of aliphatic imine (C=N–C) groups is 1. The molecule has 0 unspecified atom stereocenters. The molecule has 0 amide bonds. The summed E-state index contributed by atoms with van der Waals surface area (Å²) in [6, 6.07) is 0.754. The second kappa shape index (κ2) is 9.23. The molecule has 2 aliphatic rings. The van der Waals surface area contributed by atoms with Crippen molar-refractivity contribution in [2.45, 2.75) is 51.2 Å². The van der Waals surface area contributed by atoms with Crippen LogP contribution < -0.4 is 10.6 Å². The Hall–Kier alpha value is -1.35. The molecule has 0 spiro atoms. The van der Waals surface area contributed by atoms with Crippen molar-refractivity contribution >= 4 is 17.3 Å². The summed E-state index contributed by atoms with van der Waals surface area (Å²) in [4.78, 5) is 10.8. The fourth-order valence-electron chi connectivity index (χ4n) is 2.97. The Morgan fingerprint density at radius 1 is 1.30 bits per heavy atom. The van der Waals surface area contributed by atoms with Crippen LogP contribution in [-0.2, 0) is 12.6 Å². The van der Waals surface area contributed by atoms with Crippen LogP contribution in [-0.4, -0.2) is 54.6 Å². The van der Waals surface area contributed by atoms with Crippen molar-refractivity contribution in [2.75, 3.05) is 32.7 Å². The van der Waals surface area contributed by atoms with Gasteiger partial charge >= 0.3 is 6.18 Å². The van der Waals surface area contributed by atoms with Crippen LogP contribution in [0.15, 0.2) is 10.4 Å². The first kappa shape index (κ1) is 20.4. The number of hydrogen-bond acceptors (Lipinski definition) is 4. The number of aromatic nitrogens is 1. The first-order chi connectivity index (χ1) is 13.0. The van der Waals surface area contributed by atoms with Crippen LogP contribution >= 0.6 is 11.3 Å². The molecule has 152 valence electrons. The number of rotatable bonds is 10. The monoisotopic (exact) mass is 403 g/mol. The fraction of sp³-hybridized carbons (Fsp3) is 0.778. The zero-order valence-corrected chi connectivity index (χ0v) is 16.5. The van der Waals surface area contributed by atoms with Gasteiger partial charge in [-0.2, -0.15) is 13.2 Å². The largest absolute Gasteiger partial charge is 0.434 e. The van der Waals surface area contributed by atoms with Gasteiger partial charge in [0, 0.05) is 44.0 Å². The average Bonchev–Trinajstić information content (AvgIpc) is 3.52. The molecule has 1 aromatic rings. The number of alkyl halides is 3. The number of guanidine groups is 1. The molecule has 0 aliphatic heterocycles. The topological polar surface area (TPSA) is 52.6 Å². The zero-order valence-electron chi connectivity index (χ0n) is 15.7. The van der Waals surface area contributed by atoms with Crippen molar-refractivity contribution in [1.29, 1.82) is 0 Å². The van der Waals surface area contributed by atoms with E-state index in [1.54, 1.807) is 0 Å². The summed E-state index contributed by atoms with van der Waals surface area (Å²) < 4.78 is 37.8. The Labute approximate surface area is 162 Å². The molecule has 0 radical (unpaired) electrons. The summed E-state index contributed by atoms with van der Waals surface area (Å²) in [6.45, 7) is 6.15. The highest BCUT2D eigenvalue weighted by Gasteiger charge is 2.34. The van der Waals surface area contributed by atoms with E-state index >= 15 is 0 Å². The van der Waals surface area contributed by atoms with Gasteiger partial charge in [-0.05, 0) is 38.5 Å². The third kappa shape index (κ3) is 6.95. The van der Waals surface area contributed by atoms with Crippen molar-refractivity contribution in [2.24, 2.45) is 10.9 Å². The zero-order chi connectivity index (χ0) is 19.3. The molecule has 1 heterocycles. The molecule has 2 fully saturated rings. The van der Waals surface area contributed by atoms with Gasteiger partial charge in [0.25, 0.3) is 0 Å². The SMILES string of the molecule is CCNC(=NCCN(CC1CC1)C1CC1)NCCc1nc(C(F)(F)F)cs1. The lowest BCUT2D eigenvalue weighted by Gasteiger charge is -2.21. The molecule has 0 aromatic carbocycles. The maximum absolute atomic E-state index is 12.6. The van der Waals surface area contributed by atoms with E-state index in [1.165, 1.54) is 32.2 Å². The van der Waals surface area contributed by atoms with Crippen LogP contribution in [0.1, 0.15) is 43.3 Å². The van der Waals surface area contributed by atoms with Gasteiger partial charge in [0.2, 0.25) is 0 Å². The highest BCUT2D eigenvalue weighted by molar-refractivity contribution is 7.09. The molecular weight excluding hydrogens is 375 g/mol. The molecule has 5 nitrogen and oxygen atoms in total. The molecule has 1 aromatic heterocycles. The van der Waals surface area contributed by atoms with E-state index < -0.39 is 11.9 Å². The molecule has 0 bridgehead atoms. The van der Waals surface area contributed by atoms with Gasteiger partial charge in [-0.15, -0.1) is 11.3 Å². The number of hydrogen-bond donors (Lipinski definition) is 2. The maximum Gasteiger partial charge on any atom is 0.434 e. The predicted molar refractivity (Wildman–Crippen MR) is 102 cm³/mol. The van der Waals surface area contributed by atoms with Crippen LogP contribution in [0.4, 0.5) is 13.2 Å². The van der Waals surface area contributed by atoms with Crippen LogP contribution in [0.25, 0.3) is 0 Å². The predicted octanol–water partition coefficient (Wildman–Crippen LogP) is 3.13. The van der Waals surface area contributed by atoms with Crippen molar-refractivity contribution in [3.63, 3.8) is 0 Å². The van der Waals surface area contributed by atoms with E-state index in [0.29, 0.717) is 23.9 Å². The number of thiazole rings is 1.